The van der Waals surface area contributed by atoms with Gasteiger partial charge in [-0.2, -0.15) is 4.68 Å². The molecule has 0 saturated carbocycles. The fourth-order valence-electron chi connectivity index (χ4n) is 2.17. The maximum absolute atomic E-state index is 13.9. The first-order valence-electron chi connectivity index (χ1n) is 6.82. The topological polar surface area (TPSA) is 94.0 Å². The number of aromatic nitrogens is 4. The number of hydrogen-bond acceptors (Lipinski definition) is 6. The number of aryl methyl sites for hydroxylation is 1. The predicted octanol–water partition coefficient (Wildman–Crippen LogP) is 0.459. The van der Waals surface area contributed by atoms with E-state index >= 15 is 0 Å². The summed E-state index contributed by atoms with van der Waals surface area (Å²) in [5.41, 5.74) is 0.636. The Balaban J connectivity index is 0.00000192. The van der Waals surface area contributed by atoms with Gasteiger partial charge in [-0.15, -0.1) is 17.5 Å². The van der Waals surface area contributed by atoms with Gasteiger partial charge in [-0.1, -0.05) is 0 Å². The molecule has 1 saturated heterocycles. The molecular formula is C13H16ClFN6O2. The highest BCUT2D eigenvalue weighted by atomic mass is 35.5. The average Bonchev–Trinajstić information content (AvgIpc) is 2.96. The number of hydrogen-bond donors (Lipinski definition) is 2. The zero-order chi connectivity index (χ0) is 15.5. The molecule has 1 aliphatic heterocycles. The fraction of sp³-hybridized carbons (Fsp3) is 0.385. The Hall–Kier alpha value is -2.10. The molecule has 124 valence electrons. The molecule has 23 heavy (non-hydrogen) atoms. The van der Waals surface area contributed by atoms with Crippen molar-refractivity contribution in [3.63, 3.8) is 0 Å². The molecule has 1 aliphatic rings. The molecule has 1 unspecified atom stereocenters. The third kappa shape index (κ3) is 3.81. The lowest BCUT2D eigenvalue weighted by atomic mass is 10.2. The number of anilines is 1. The van der Waals surface area contributed by atoms with E-state index in [-0.39, 0.29) is 24.0 Å². The first kappa shape index (κ1) is 17.3. The Bertz CT molecular complexity index is 689. The van der Waals surface area contributed by atoms with Gasteiger partial charge in [0.2, 0.25) is 5.91 Å². The van der Waals surface area contributed by atoms with Gasteiger partial charge in [-0.05, 0) is 35.5 Å². The van der Waals surface area contributed by atoms with Crippen molar-refractivity contribution < 1.29 is 13.9 Å². The number of carbonyl (C=O) groups is 1. The van der Waals surface area contributed by atoms with Crippen LogP contribution in [0.3, 0.4) is 0 Å². The second-order valence-corrected chi connectivity index (χ2v) is 4.87. The smallest absolute Gasteiger partial charge is 0.243 e. The lowest BCUT2D eigenvalue weighted by Gasteiger charge is -2.23. The van der Waals surface area contributed by atoms with Crippen LogP contribution in [0.4, 0.5) is 10.1 Å². The number of morpholine rings is 1. The summed E-state index contributed by atoms with van der Waals surface area (Å²) in [5.74, 6) is -0.261. The zero-order valence-corrected chi connectivity index (χ0v) is 13.1. The van der Waals surface area contributed by atoms with E-state index in [0.29, 0.717) is 31.3 Å². The summed E-state index contributed by atoms with van der Waals surface area (Å²) in [6, 6.07) is 3.81. The summed E-state index contributed by atoms with van der Waals surface area (Å²) < 4.78 is 20.5. The first-order chi connectivity index (χ1) is 10.6. The van der Waals surface area contributed by atoms with E-state index in [2.05, 4.69) is 26.2 Å². The highest BCUT2D eigenvalue weighted by Crippen LogP contribution is 2.19. The summed E-state index contributed by atoms with van der Waals surface area (Å²) in [7, 11) is 0. The van der Waals surface area contributed by atoms with Gasteiger partial charge in [-0.3, -0.25) is 4.79 Å². The van der Waals surface area contributed by atoms with Gasteiger partial charge in [-0.25, -0.2) is 4.39 Å². The molecule has 1 aromatic carbocycles. The SMILES string of the molecule is Cc1nnnn1-c1cc(NC(=O)C2COCCN2)ccc1F.Cl. The summed E-state index contributed by atoms with van der Waals surface area (Å²) in [6.45, 7) is 3.18. The number of tetrazole rings is 1. The Morgan fingerprint density at radius 3 is 3.00 bits per heavy atom. The third-order valence-corrected chi connectivity index (χ3v) is 3.31. The van der Waals surface area contributed by atoms with Crippen molar-refractivity contribution in [2.75, 3.05) is 25.1 Å². The monoisotopic (exact) mass is 342 g/mol. The molecule has 1 aromatic heterocycles. The van der Waals surface area contributed by atoms with Crippen LogP contribution in [0.1, 0.15) is 5.82 Å². The summed E-state index contributed by atoms with van der Waals surface area (Å²) in [5, 5.41) is 16.7. The minimum absolute atomic E-state index is 0. The van der Waals surface area contributed by atoms with Gasteiger partial charge in [0.25, 0.3) is 0 Å². The molecule has 1 atom stereocenters. The van der Waals surface area contributed by atoms with Crippen LogP contribution in [-0.4, -0.2) is 51.9 Å². The van der Waals surface area contributed by atoms with Gasteiger partial charge >= 0.3 is 0 Å². The maximum Gasteiger partial charge on any atom is 0.243 e. The van der Waals surface area contributed by atoms with Crippen molar-refractivity contribution in [2.24, 2.45) is 0 Å². The average molecular weight is 343 g/mol. The lowest BCUT2D eigenvalue weighted by molar-refractivity contribution is -0.120. The molecule has 10 heteroatoms. The molecule has 0 radical (unpaired) electrons. The minimum Gasteiger partial charge on any atom is -0.378 e. The van der Waals surface area contributed by atoms with Crippen molar-refractivity contribution in [2.45, 2.75) is 13.0 Å². The van der Waals surface area contributed by atoms with Crippen LogP contribution < -0.4 is 10.6 Å². The summed E-state index contributed by atoms with van der Waals surface area (Å²) in [4.78, 5) is 12.1. The molecule has 3 rings (SSSR count). The van der Waals surface area contributed by atoms with Crippen molar-refractivity contribution >= 4 is 24.0 Å². The van der Waals surface area contributed by atoms with E-state index in [1.54, 1.807) is 6.92 Å². The van der Waals surface area contributed by atoms with Gasteiger partial charge in [0.05, 0.1) is 13.2 Å². The Morgan fingerprint density at radius 1 is 1.52 bits per heavy atom. The Labute approximate surface area is 137 Å². The number of nitrogens with zero attached hydrogens (tertiary/aromatic N) is 4. The molecular weight excluding hydrogens is 327 g/mol. The van der Waals surface area contributed by atoms with Gasteiger partial charge in [0.15, 0.2) is 5.82 Å². The van der Waals surface area contributed by atoms with Crippen molar-refractivity contribution in [1.82, 2.24) is 25.5 Å². The molecule has 1 amide bonds. The molecule has 0 bridgehead atoms. The zero-order valence-electron chi connectivity index (χ0n) is 12.3. The van der Waals surface area contributed by atoms with Crippen molar-refractivity contribution in [3.8, 4) is 5.69 Å². The van der Waals surface area contributed by atoms with E-state index in [0.717, 1.165) is 0 Å². The van der Waals surface area contributed by atoms with Crippen molar-refractivity contribution in [3.05, 3.63) is 29.8 Å². The van der Waals surface area contributed by atoms with Crippen LogP contribution in [0.15, 0.2) is 18.2 Å². The highest BCUT2D eigenvalue weighted by molar-refractivity contribution is 5.95. The van der Waals surface area contributed by atoms with Crippen molar-refractivity contribution in [1.29, 1.82) is 0 Å². The fourth-order valence-corrected chi connectivity index (χ4v) is 2.17. The quantitative estimate of drug-likeness (QED) is 0.841. The third-order valence-electron chi connectivity index (χ3n) is 3.31. The molecule has 2 aromatic rings. The summed E-state index contributed by atoms with van der Waals surface area (Å²) in [6.07, 6.45) is 0. The second kappa shape index (κ2) is 7.44. The molecule has 8 nitrogen and oxygen atoms in total. The van der Waals surface area contributed by atoms with Gasteiger partial charge in [0, 0.05) is 12.2 Å². The molecule has 2 N–H and O–H groups in total. The number of halogens is 2. The number of rotatable bonds is 3. The standard InChI is InChI=1S/C13H15FN6O2.ClH/c1-8-17-18-19-20(8)12-6-9(2-3-10(12)14)16-13(21)11-7-22-5-4-15-11;/h2-3,6,11,15H,4-5,7H2,1H3,(H,16,21);1H. The number of amides is 1. The molecule has 2 heterocycles. The van der Waals surface area contributed by atoms with Crippen LogP contribution in [0.5, 0.6) is 0 Å². The van der Waals surface area contributed by atoms with Crippen LogP contribution in [0, 0.1) is 12.7 Å². The van der Waals surface area contributed by atoms with Crippen LogP contribution >= 0.6 is 12.4 Å². The van der Waals surface area contributed by atoms with Crippen LogP contribution in [0.2, 0.25) is 0 Å². The van der Waals surface area contributed by atoms with E-state index in [1.807, 2.05) is 0 Å². The number of ether oxygens (including phenoxy) is 1. The Kier molecular flexibility index (Phi) is 5.59. The largest absolute Gasteiger partial charge is 0.378 e. The molecule has 0 spiro atoms. The van der Waals surface area contributed by atoms with Gasteiger partial charge in [0.1, 0.15) is 17.5 Å². The van der Waals surface area contributed by atoms with Gasteiger partial charge < -0.3 is 15.4 Å². The Morgan fingerprint density at radius 2 is 2.35 bits per heavy atom. The van der Waals surface area contributed by atoms with Crippen LogP contribution in [-0.2, 0) is 9.53 Å². The second-order valence-electron chi connectivity index (χ2n) is 4.87. The van der Waals surface area contributed by atoms with E-state index < -0.39 is 11.9 Å². The normalized spacial score (nSPS) is 17.4. The van der Waals surface area contributed by atoms with E-state index in [1.165, 1.54) is 22.9 Å². The number of carbonyl (C=O) groups excluding carboxylic acids is 1. The summed E-state index contributed by atoms with van der Waals surface area (Å²) >= 11 is 0. The lowest BCUT2D eigenvalue weighted by Crippen LogP contribution is -2.48. The first-order valence-corrected chi connectivity index (χ1v) is 6.82. The minimum atomic E-state index is -0.479. The van der Waals surface area contributed by atoms with E-state index in [9.17, 15) is 9.18 Å². The van der Waals surface area contributed by atoms with Crippen LogP contribution in [0.25, 0.3) is 5.69 Å². The predicted molar refractivity (Wildman–Crippen MR) is 82.3 cm³/mol. The van der Waals surface area contributed by atoms with E-state index in [4.69, 9.17) is 4.74 Å². The maximum atomic E-state index is 13.9. The number of nitrogens with one attached hydrogen (secondary N) is 2. The highest BCUT2D eigenvalue weighted by Gasteiger charge is 2.21. The molecule has 0 aliphatic carbocycles. The molecule has 1 fully saturated rings. The number of benzene rings is 1.